The second-order valence-electron chi connectivity index (χ2n) is 2.43. The summed E-state index contributed by atoms with van der Waals surface area (Å²) in [6.45, 7) is 1.94. The fourth-order valence-corrected chi connectivity index (χ4v) is 1.88. The molecule has 1 rings (SSSR count). The van der Waals surface area contributed by atoms with E-state index < -0.39 is 10.8 Å². The molecule has 0 aromatic rings. The van der Waals surface area contributed by atoms with Crippen LogP contribution in [0.15, 0.2) is 0 Å². The minimum Gasteiger partial charge on any atom is -0.316 e. The third-order valence-corrected chi connectivity index (χ3v) is 2.81. The maximum Gasteiger partial charge on any atom is 0.111 e. The minimum absolute atomic E-state index is 0.191. The van der Waals surface area contributed by atoms with Crippen molar-refractivity contribution >= 4 is 10.8 Å². The van der Waals surface area contributed by atoms with E-state index in [1.165, 1.54) is 0 Å². The van der Waals surface area contributed by atoms with Crippen LogP contribution in [0, 0.1) is 17.2 Å². The highest BCUT2D eigenvalue weighted by Gasteiger charge is 2.18. The topological polar surface area (TPSA) is 52.9 Å². The molecule has 56 valence electrons. The van der Waals surface area contributed by atoms with Gasteiger partial charge in [0.05, 0.1) is 6.07 Å². The molecule has 1 unspecified atom stereocenters. The monoisotopic (exact) mass is 158 g/mol. The Morgan fingerprint density at radius 2 is 2.40 bits per heavy atom. The van der Waals surface area contributed by atoms with Crippen LogP contribution in [0.4, 0.5) is 0 Å². The quantitative estimate of drug-likeness (QED) is 0.601. The second kappa shape index (κ2) is 3.69. The maximum absolute atomic E-state index is 10.9. The number of nitrogens with zero attached hydrogens (tertiary/aromatic N) is 1. The summed E-state index contributed by atoms with van der Waals surface area (Å²) in [5.74, 6) is 1.44. The van der Waals surface area contributed by atoms with Crippen molar-refractivity contribution in [1.82, 2.24) is 5.32 Å². The van der Waals surface area contributed by atoms with E-state index in [0.29, 0.717) is 11.7 Å². The van der Waals surface area contributed by atoms with Crippen molar-refractivity contribution in [2.24, 2.45) is 5.92 Å². The standard InChI is InChI=1S/C6H10N2OS/c7-1-2-10(9)5-6-3-8-4-6/h6,8H,2-5H2. The number of nitriles is 1. The van der Waals surface area contributed by atoms with Crippen molar-refractivity contribution in [3.8, 4) is 6.07 Å². The van der Waals surface area contributed by atoms with Gasteiger partial charge < -0.3 is 5.32 Å². The lowest BCUT2D eigenvalue weighted by atomic mass is 10.1. The Kier molecular flexibility index (Phi) is 2.84. The van der Waals surface area contributed by atoms with Gasteiger partial charge in [-0.3, -0.25) is 4.21 Å². The summed E-state index contributed by atoms with van der Waals surface area (Å²) in [7, 11) is -0.900. The van der Waals surface area contributed by atoms with Gasteiger partial charge >= 0.3 is 0 Å². The fourth-order valence-electron chi connectivity index (χ4n) is 0.860. The highest BCUT2D eigenvalue weighted by Crippen LogP contribution is 2.04. The zero-order valence-electron chi connectivity index (χ0n) is 5.67. The molecule has 1 atom stereocenters. The number of hydrogen-bond acceptors (Lipinski definition) is 3. The van der Waals surface area contributed by atoms with E-state index >= 15 is 0 Å². The lowest BCUT2D eigenvalue weighted by Crippen LogP contribution is -2.44. The van der Waals surface area contributed by atoms with Crippen molar-refractivity contribution in [2.75, 3.05) is 24.6 Å². The van der Waals surface area contributed by atoms with Crippen LogP contribution in [0.25, 0.3) is 0 Å². The largest absolute Gasteiger partial charge is 0.316 e. The Hall–Kier alpha value is -0.400. The highest BCUT2D eigenvalue weighted by molar-refractivity contribution is 7.85. The summed E-state index contributed by atoms with van der Waals surface area (Å²) >= 11 is 0. The fraction of sp³-hybridized carbons (Fsp3) is 0.833. The molecular weight excluding hydrogens is 148 g/mol. The first-order valence-electron chi connectivity index (χ1n) is 3.25. The minimum atomic E-state index is -0.900. The molecule has 0 bridgehead atoms. The first-order chi connectivity index (χ1) is 4.83. The van der Waals surface area contributed by atoms with E-state index in [4.69, 9.17) is 5.26 Å². The van der Waals surface area contributed by atoms with Crippen LogP contribution in [0.1, 0.15) is 0 Å². The van der Waals surface area contributed by atoms with Crippen LogP contribution in [-0.2, 0) is 10.8 Å². The highest BCUT2D eigenvalue weighted by atomic mass is 32.2. The average molecular weight is 158 g/mol. The summed E-state index contributed by atoms with van der Waals surface area (Å²) < 4.78 is 10.9. The third kappa shape index (κ3) is 2.09. The van der Waals surface area contributed by atoms with Crippen LogP contribution in [0.5, 0.6) is 0 Å². The van der Waals surface area contributed by atoms with Gasteiger partial charge in [0.25, 0.3) is 0 Å². The van der Waals surface area contributed by atoms with Gasteiger partial charge in [-0.05, 0) is 5.92 Å². The van der Waals surface area contributed by atoms with Crippen LogP contribution < -0.4 is 5.32 Å². The summed E-state index contributed by atoms with van der Waals surface area (Å²) in [4.78, 5) is 0. The van der Waals surface area contributed by atoms with Gasteiger partial charge in [-0.1, -0.05) is 0 Å². The predicted molar refractivity (Wildman–Crippen MR) is 39.8 cm³/mol. The summed E-state index contributed by atoms with van der Waals surface area (Å²) in [5, 5.41) is 11.3. The van der Waals surface area contributed by atoms with E-state index in [9.17, 15) is 4.21 Å². The summed E-state index contributed by atoms with van der Waals surface area (Å²) in [6.07, 6.45) is 0. The molecule has 1 aliphatic heterocycles. The Morgan fingerprint density at radius 3 is 2.80 bits per heavy atom. The molecule has 0 aromatic carbocycles. The molecule has 10 heavy (non-hydrogen) atoms. The lowest BCUT2D eigenvalue weighted by Gasteiger charge is -2.25. The predicted octanol–water partition coefficient (Wildman–Crippen LogP) is -0.522. The molecule has 0 amide bonds. The molecule has 1 fully saturated rings. The third-order valence-electron chi connectivity index (χ3n) is 1.51. The maximum atomic E-state index is 10.9. The number of rotatable bonds is 3. The van der Waals surface area contributed by atoms with Crippen molar-refractivity contribution in [2.45, 2.75) is 0 Å². The van der Waals surface area contributed by atoms with Gasteiger partial charge in [0, 0.05) is 29.6 Å². The second-order valence-corrected chi connectivity index (χ2v) is 3.93. The number of hydrogen-bond donors (Lipinski definition) is 1. The van der Waals surface area contributed by atoms with Gasteiger partial charge in [-0.15, -0.1) is 0 Å². The zero-order valence-corrected chi connectivity index (χ0v) is 6.49. The molecule has 1 N–H and O–H groups in total. The van der Waals surface area contributed by atoms with Crippen molar-refractivity contribution in [1.29, 1.82) is 5.26 Å². The van der Waals surface area contributed by atoms with Crippen LogP contribution in [-0.4, -0.2) is 28.8 Å². The Morgan fingerprint density at radius 1 is 1.70 bits per heavy atom. The van der Waals surface area contributed by atoms with Gasteiger partial charge in [0.15, 0.2) is 0 Å². The Labute approximate surface area is 62.9 Å². The zero-order chi connectivity index (χ0) is 7.40. The average Bonchev–Trinajstić information content (AvgIpc) is 1.80. The van der Waals surface area contributed by atoms with E-state index in [1.807, 2.05) is 6.07 Å². The van der Waals surface area contributed by atoms with E-state index in [0.717, 1.165) is 13.1 Å². The van der Waals surface area contributed by atoms with E-state index in [2.05, 4.69) is 5.32 Å². The van der Waals surface area contributed by atoms with Crippen molar-refractivity contribution in [3.63, 3.8) is 0 Å². The van der Waals surface area contributed by atoms with Gasteiger partial charge in [0.2, 0.25) is 0 Å². The molecular formula is C6H10N2OS. The Balaban J connectivity index is 2.12. The van der Waals surface area contributed by atoms with Gasteiger partial charge in [0.1, 0.15) is 5.75 Å². The van der Waals surface area contributed by atoms with Crippen LogP contribution in [0.3, 0.4) is 0 Å². The molecule has 0 saturated carbocycles. The molecule has 0 aromatic heterocycles. The smallest absolute Gasteiger partial charge is 0.111 e. The van der Waals surface area contributed by atoms with Crippen molar-refractivity contribution < 1.29 is 4.21 Å². The molecule has 0 radical (unpaired) electrons. The van der Waals surface area contributed by atoms with Crippen molar-refractivity contribution in [3.05, 3.63) is 0 Å². The first kappa shape index (κ1) is 7.70. The SMILES string of the molecule is N#CCS(=O)CC1CNC1. The molecule has 0 aliphatic carbocycles. The van der Waals surface area contributed by atoms with E-state index in [1.54, 1.807) is 0 Å². The van der Waals surface area contributed by atoms with E-state index in [-0.39, 0.29) is 5.75 Å². The molecule has 1 saturated heterocycles. The molecule has 1 aliphatic rings. The lowest BCUT2D eigenvalue weighted by molar-refractivity contribution is 0.382. The number of nitrogens with one attached hydrogen (secondary N) is 1. The van der Waals surface area contributed by atoms with Gasteiger partial charge in [-0.25, -0.2) is 0 Å². The van der Waals surface area contributed by atoms with Crippen LogP contribution >= 0.6 is 0 Å². The normalized spacial score (nSPS) is 21.1. The molecule has 0 spiro atoms. The summed E-state index contributed by atoms with van der Waals surface area (Å²) in [5.41, 5.74) is 0. The first-order valence-corrected chi connectivity index (χ1v) is 4.74. The van der Waals surface area contributed by atoms with Gasteiger partial charge in [-0.2, -0.15) is 5.26 Å². The molecule has 1 heterocycles. The van der Waals surface area contributed by atoms with Crippen LogP contribution in [0.2, 0.25) is 0 Å². The Bertz CT molecular complexity index is 171. The molecule has 4 heteroatoms. The summed E-state index contributed by atoms with van der Waals surface area (Å²) in [6, 6.07) is 1.90. The molecule has 3 nitrogen and oxygen atoms in total.